The zero-order valence-corrected chi connectivity index (χ0v) is 11.4. The third kappa shape index (κ3) is 2.20. The van der Waals surface area contributed by atoms with Crippen LogP contribution >= 0.6 is 11.8 Å². The fourth-order valence-corrected chi connectivity index (χ4v) is 2.89. The summed E-state index contributed by atoms with van der Waals surface area (Å²) >= 11 is 2.01. The smallest absolute Gasteiger partial charge is 0.0771 e. The Morgan fingerprint density at radius 2 is 1.93 bits per heavy atom. The first kappa shape index (κ1) is 11.7. The van der Waals surface area contributed by atoms with Gasteiger partial charge in [0.2, 0.25) is 0 Å². The maximum atomic E-state index is 6.09. The Morgan fingerprint density at radius 3 is 2.33 bits per heavy atom. The lowest BCUT2D eigenvalue weighted by atomic mass is 9.97. The number of thioether (sulfide) groups is 1. The lowest BCUT2D eigenvalue weighted by Gasteiger charge is -2.38. The lowest BCUT2D eigenvalue weighted by molar-refractivity contribution is -0.00493. The highest BCUT2D eigenvalue weighted by atomic mass is 32.2. The summed E-state index contributed by atoms with van der Waals surface area (Å²) in [6.07, 6.45) is 1.53. The van der Waals surface area contributed by atoms with Crippen molar-refractivity contribution in [1.29, 1.82) is 0 Å². The van der Waals surface area contributed by atoms with Gasteiger partial charge in [0.25, 0.3) is 0 Å². The van der Waals surface area contributed by atoms with Gasteiger partial charge in [0.1, 0.15) is 0 Å². The molecule has 2 heterocycles. The van der Waals surface area contributed by atoms with Gasteiger partial charge in [0.15, 0.2) is 0 Å². The van der Waals surface area contributed by atoms with E-state index in [-0.39, 0.29) is 11.1 Å². The van der Waals surface area contributed by atoms with Gasteiger partial charge in [-0.25, -0.2) is 0 Å². The topological polar surface area (TPSA) is 12.5 Å². The Labute approximate surface area is 97.7 Å². The maximum absolute atomic E-state index is 6.09. The van der Waals surface area contributed by atoms with E-state index in [1.165, 1.54) is 5.75 Å². The normalized spacial score (nSPS) is 38.2. The summed E-state index contributed by atoms with van der Waals surface area (Å²) in [5.74, 6) is 1.30. The number of ether oxygens (including phenoxy) is 1. The van der Waals surface area contributed by atoms with E-state index in [1.807, 2.05) is 11.8 Å². The molecule has 0 aliphatic carbocycles. The highest BCUT2D eigenvalue weighted by molar-refractivity contribution is 8.06. The van der Waals surface area contributed by atoms with E-state index in [0.717, 1.165) is 18.3 Å². The Hall–Kier alpha value is 0.270. The third-order valence-electron chi connectivity index (χ3n) is 4.13. The molecular formula is C12H23NOS. The summed E-state index contributed by atoms with van der Waals surface area (Å²) in [6.45, 7) is 10.2. The molecule has 0 bridgehead atoms. The van der Waals surface area contributed by atoms with Gasteiger partial charge in [-0.1, -0.05) is 0 Å². The first-order valence-corrected chi connectivity index (χ1v) is 6.86. The molecular weight excluding hydrogens is 206 g/mol. The molecule has 0 amide bonds. The number of hydrogen-bond donors (Lipinski definition) is 0. The molecule has 15 heavy (non-hydrogen) atoms. The maximum Gasteiger partial charge on any atom is 0.0771 e. The second kappa shape index (κ2) is 3.64. The van der Waals surface area contributed by atoms with Crippen LogP contribution in [0.1, 0.15) is 34.1 Å². The minimum Gasteiger partial charge on any atom is -0.375 e. The Balaban J connectivity index is 1.98. The largest absolute Gasteiger partial charge is 0.375 e. The molecule has 2 atom stereocenters. The number of hydrogen-bond acceptors (Lipinski definition) is 3. The molecule has 0 saturated carbocycles. The summed E-state index contributed by atoms with van der Waals surface area (Å²) in [5.41, 5.74) is 0.438. The predicted octanol–water partition coefficient (Wildman–Crippen LogP) is 2.38. The fourth-order valence-electron chi connectivity index (χ4n) is 2.49. The van der Waals surface area contributed by atoms with Crippen LogP contribution in [0.25, 0.3) is 0 Å². The van der Waals surface area contributed by atoms with Crippen LogP contribution in [0.3, 0.4) is 0 Å². The van der Waals surface area contributed by atoms with Crippen LogP contribution in [0.15, 0.2) is 0 Å². The molecule has 2 nitrogen and oxygen atoms in total. The van der Waals surface area contributed by atoms with Gasteiger partial charge in [-0.2, -0.15) is 11.8 Å². The third-order valence-corrected chi connectivity index (χ3v) is 5.07. The SMILES string of the molecule is CN1C(C)(C)CC(OCC2CS2)C1(C)C. The monoisotopic (exact) mass is 229 g/mol. The second-order valence-corrected chi connectivity index (χ2v) is 7.34. The molecule has 2 rings (SSSR count). The zero-order valence-electron chi connectivity index (χ0n) is 10.5. The number of likely N-dealkylation sites (tertiary alicyclic amines) is 1. The fraction of sp³-hybridized carbons (Fsp3) is 1.00. The van der Waals surface area contributed by atoms with E-state index < -0.39 is 0 Å². The molecule has 2 unspecified atom stereocenters. The van der Waals surface area contributed by atoms with E-state index >= 15 is 0 Å². The molecule has 2 aliphatic rings. The van der Waals surface area contributed by atoms with Crippen LogP contribution in [-0.2, 0) is 4.74 Å². The van der Waals surface area contributed by atoms with Gasteiger partial charge >= 0.3 is 0 Å². The average molecular weight is 229 g/mol. The van der Waals surface area contributed by atoms with E-state index in [1.54, 1.807) is 0 Å². The Morgan fingerprint density at radius 1 is 1.33 bits per heavy atom. The number of nitrogens with zero attached hydrogens (tertiary/aromatic N) is 1. The van der Waals surface area contributed by atoms with E-state index in [2.05, 4.69) is 39.6 Å². The predicted molar refractivity (Wildman–Crippen MR) is 66.5 cm³/mol. The van der Waals surface area contributed by atoms with E-state index in [0.29, 0.717) is 6.10 Å². The van der Waals surface area contributed by atoms with E-state index in [9.17, 15) is 0 Å². The number of rotatable bonds is 3. The minimum absolute atomic E-state index is 0.170. The minimum atomic E-state index is 0.170. The first-order chi connectivity index (χ1) is 6.84. The Bertz CT molecular complexity index is 248. The molecule has 0 radical (unpaired) electrons. The van der Waals surface area contributed by atoms with Gasteiger partial charge in [0, 0.05) is 22.1 Å². The molecule has 0 aromatic rings. The van der Waals surface area contributed by atoms with Crippen LogP contribution in [0.4, 0.5) is 0 Å². The van der Waals surface area contributed by atoms with Crippen LogP contribution in [0.2, 0.25) is 0 Å². The van der Waals surface area contributed by atoms with Gasteiger partial charge in [0.05, 0.1) is 12.7 Å². The molecule has 0 aromatic heterocycles. The van der Waals surface area contributed by atoms with Gasteiger partial charge in [-0.3, -0.25) is 4.90 Å². The van der Waals surface area contributed by atoms with Crippen molar-refractivity contribution in [3.8, 4) is 0 Å². The molecule has 3 heteroatoms. The van der Waals surface area contributed by atoms with Crippen LogP contribution in [0.5, 0.6) is 0 Å². The van der Waals surface area contributed by atoms with Crippen molar-refractivity contribution in [1.82, 2.24) is 4.90 Å². The summed E-state index contributed by atoms with van der Waals surface area (Å²) in [5, 5.41) is 0.787. The van der Waals surface area contributed by atoms with Crippen LogP contribution in [-0.4, -0.2) is 46.7 Å². The van der Waals surface area contributed by atoms with Gasteiger partial charge in [-0.05, 0) is 41.2 Å². The Kier molecular flexibility index (Phi) is 2.85. The van der Waals surface area contributed by atoms with Gasteiger partial charge < -0.3 is 4.74 Å². The van der Waals surface area contributed by atoms with Crippen molar-refractivity contribution in [2.45, 2.75) is 56.5 Å². The summed E-state index contributed by atoms with van der Waals surface area (Å²) < 4.78 is 6.09. The summed E-state index contributed by atoms with van der Waals surface area (Å²) in [7, 11) is 2.22. The summed E-state index contributed by atoms with van der Waals surface area (Å²) in [6, 6.07) is 0. The zero-order chi connectivity index (χ0) is 11.3. The molecule has 0 aromatic carbocycles. The van der Waals surface area contributed by atoms with Crippen molar-refractivity contribution in [2.75, 3.05) is 19.4 Å². The van der Waals surface area contributed by atoms with Crippen LogP contribution in [0, 0.1) is 0 Å². The lowest BCUT2D eigenvalue weighted by Crippen LogP contribution is -2.48. The molecule has 88 valence electrons. The second-order valence-electron chi connectivity index (χ2n) is 6.01. The van der Waals surface area contributed by atoms with Crippen molar-refractivity contribution >= 4 is 11.8 Å². The van der Waals surface area contributed by atoms with Crippen molar-refractivity contribution in [3.05, 3.63) is 0 Å². The highest BCUT2D eigenvalue weighted by Gasteiger charge is 2.50. The molecule has 2 aliphatic heterocycles. The van der Waals surface area contributed by atoms with E-state index in [4.69, 9.17) is 4.74 Å². The molecule has 0 N–H and O–H groups in total. The van der Waals surface area contributed by atoms with Crippen molar-refractivity contribution < 1.29 is 4.74 Å². The summed E-state index contributed by atoms with van der Waals surface area (Å²) in [4.78, 5) is 2.46. The highest BCUT2D eigenvalue weighted by Crippen LogP contribution is 2.41. The standard InChI is InChI=1S/C12H23NOS/c1-11(2)6-10(12(3,4)13(11)5)14-7-9-8-15-9/h9-10H,6-8H2,1-5H3. The quantitative estimate of drug-likeness (QED) is 0.690. The first-order valence-electron chi connectivity index (χ1n) is 5.81. The number of likely N-dealkylation sites (N-methyl/N-ethyl adjacent to an activating group) is 1. The molecule has 2 fully saturated rings. The average Bonchev–Trinajstić information content (AvgIpc) is 2.91. The molecule has 0 spiro atoms. The van der Waals surface area contributed by atoms with Crippen molar-refractivity contribution in [3.63, 3.8) is 0 Å². The van der Waals surface area contributed by atoms with Crippen molar-refractivity contribution in [2.24, 2.45) is 0 Å². The molecule has 2 saturated heterocycles. The van der Waals surface area contributed by atoms with Crippen LogP contribution < -0.4 is 0 Å². The van der Waals surface area contributed by atoms with Gasteiger partial charge in [-0.15, -0.1) is 0 Å².